The number of nitrogens with one attached hydrogen (secondary N) is 1. The van der Waals surface area contributed by atoms with Gasteiger partial charge in [0.25, 0.3) is 0 Å². The lowest BCUT2D eigenvalue weighted by molar-refractivity contribution is 0.320. The predicted molar refractivity (Wildman–Crippen MR) is 66.9 cm³/mol. The van der Waals surface area contributed by atoms with Gasteiger partial charge in [0, 0.05) is 12.6 Å². The van der Waals surface area contributed by atoms with Crippen molar-refractivity contribution in [2.24, 2.45) is 17.4 Å². The molecule has 88 valence electrons. The van der Waals surface area contributed by atoms with Crippen LogP contribution in [-0.2, 0) is 6.54 Å². The van der Waals surface area contributed by atoms with Crippen LogP contribution in [0.15, 0.2) is 24.3 Å². The maximum absolute atomic E-state index is 5.67. The van der Waals surface area contributed by atoms with Crippen LogP contribution < -0.4 is 16.8 Å². The minimum atomic E-state index is 0.495. The Morgan fingerprint density at radius 3 is 2.38 bits per heavy atom. The van der Waals surface area contributed by atoms with E-state index in [1.807, 2.05) is 0 Å². The molecule has 1 aliphatic rings. The Bertz CT molecular complexity index is 312. The topological polar surface area (TPSA) is 64.1 Å². The highest BCUT2D eigenvalue weighted by atomic mass is 14.9. The second-order valence-electron chi connectivity index (χ2n) is 4.59. The molecule has 1 fully saturated rings. The van der Waals surface area contributed by atoms with Crippen molar-refractivity contribution < 1.29 is 0 Å². The van der Waals surface area contributed by atoms with Gasteiger partial charge in [0.15, 0.2) is 0 Å². The largest absolute Gasteiger partial charge is 0.330 e. The van der Waals surface area contributed by atoms with E-state index in [1.165, 1.54) is 24.0 Å². The van der Waals surface area contributed by atoms with E-state index in [9.17, 15) is 0 Å². The Hall–Kier alpha value is -0.900. The van der Waals surface area contributed by atoms with E-state index in [-0.39, 0.29) is 0 Å². The summed E-state index contributed by atoms with van der Waals surface area (Å²) in [5.74, 6) is 0.652. The van der Waals surface area contributed by atoms with Crippen molar-refractivity contribution in [2.45, 2.75) is 25.4 Å². The first-order valence-corrected chi connectivity index (χ1v) is 6.06. The van der Waals surface area contributed by atoms with Crippen molar-refractivity contribution in [3.63, 3.8) is 0 Å². The predicted octanol–water partition coefficient (Wildman–Crippen LogP) is 1.14. The molecule has 0 radical (unpaired) electrons. The van der Waals surface area contributed by atoms with E-state index >= 15 is 0 Å². The zero-order valence-electron chi connectivity index (χ0n) is 9.65. The maximum atomic E-state index is 5.67. The minimum absolute atomic E-state index is 0.495. The molecule has 1 heterocycles. The highest BCUT2D eigenvalue weighted by molar-refractivity contribution is 5.25. The maximum Gasteiger partial charge on any atom is 0.0320 e. The molecule has 0 spiro atoms. The molecule has 0 amide bonds. The van der Waals surface area contributed by atoms with E-state index in [4.69, 9.17) is 11.5 Å². The molecule has 0 bridgehead atoms. The molecule has 2 atom stereocenters. The van der Waals surface area contributed by atoms with E-state index in [1.54, 1.807) is 0 Å². The summed E-state index contributed by atoms with van der Waals surface area (Å²) >= 11 is 0. The van der Waals surface area contributed by atoms with Crippen molar-refractivity contribution in [1.29, 1.82) is 0 Å². The van der Waals surface area contributed by atoms with Crippen molar-refractivity contribution in [3.05, 3.63) is 35.4 Å². The van der Waals surface area contributed by atoms with Gasteiger partial charge in [0.05, 0.1) is 0 Å². The lowest BCUT2D eigenvalue weighted by Crippen LogP contribution is -2.36. The van der Waals surface area contributed by atoms with Crippen LogP contribution in [0.5, 0.6) is 0 Å². The standard InChI is InChI=1S/C13H21N3/c14-7-10-1-4-12(5-2-10)13-6-3-11(8-15)9-16-13/h1-2,4-5,11,13,16H,3,6-9,14-15H2. The van der Waals surface area contributed by atoms with E-state index < -0.39 is 0 Å². The molecule has 0 aromatic heterocycles. The fourth-order valence-corrected chi connectivity index (χ4v) is 2.29. The summed E-state index contributed by atoms with van der Waals surface area (Å²) in [7, 11) is 0. The summed E-state index contributed by atoms with van der Waals surface area (Å²) in [4.78, 5) is 0. The van der Waals surface area contributed by atoms with Crippen LogP contribution in [0.4, 0.5) is 0 Å². The Balaban J connectivity index is 1.97. The zero-order valence-corrected chi connectivity index (χ0v) is 9.65. The van der Waals surface area contributed by atoms with Gasteiger partial charge < -0.3 is 16.8 Å². The molecule has 16 heavy (non-hydrogen) atoms. The van der Waals surface area contributed by atoms with Gasteiger partial charge in [-0.3, -0.25) is 0 Å². The second-order valence-corrected chi connectivity index (χ2v) is 4.59. The Labute approximate surface area is 97.2 Å². The lowest BCUT2D eigenvalue weighted by atomic mass is 9.91. The summed E-state index contributed by atoms with van der Waals surface area (Å²) in [5.41, 5.74) is 13.8. The van der Waals surface area contributed by atoms with Gasteiger partial charge in [0.2, 0.25) is 0 Å². The fraction of sp³-hybridized carbons (Fsp3) is 0.538. The third-order valence-corrected chi connectivity index (χ3v) is 3.47. The van der Waals surface area contributed by atoms with Gasteiger partial charge in [0.1, 0.15) is 0 Å². The van der Waals surface area contributed by atoms with Crippen LogP contribution in [0.3, 0.4) is 0 Å². The summed E-state index contributed by atoms with van der Waals surface area (Å²) in [6, 6.07) is 9.10. The first kappa shape index (κ1) is 11.6. The Morgan fingerprint density at radius 1 is 1.12 bits per heavy atom. The smallest absolute Gasteiger partial charge is 0.0320 e. The fourth-order valence-electron chi connectivity index (χ4n) is 2.29. The summed E-state index contributed by atoms with van der Waals surface area (Å²) in [5, 5.41) is 3.56. The minimum Gasteiger partial charge on any atom is -0.330 e. The molecule has 2 rings (SSSR count). The molecule has 1 saturated heterocycles. The molecule has 0 aliphatic carbocycles. The number of piperidine rings is 1. The van der Waals surface area contributed by atoms with E-state index in [2.05, 4.69) is 29.6 Å². The second kappa shape index (κ2) is 5.43. The van der Waals surface area contributed by atoms with Crippen molar-refractivity contribution in [2.75, 3.05) is 13.1 Å². The number of nitrogens with two attached hydrogens (primary N) is 2. The Morgan fingerprint density at radius 2 is 1.88 bits per heavy atom. The van der Waals surface area contributed by atoms with Gasteiger partial charge in [-0.25, -0.2) is 0 Å². The van der Waals surface area contributed by atoms with Gasteiger partial charge >= 0.3 is 0 Å². The number of benzene rings is 1. The number of hydrogen-bond acceptors (Lipinski definition) is 3. The first-order chi connectivity index (χ1) is 7.83. The summed E-state index contributed by atoms with van der Waals surface area (Å²) in [6.07, 6.45) is 2.41. The van der Waals surface area contributed by atoms with Gasteiger partial charge in [-0.1, -0.05) is 24.3 Å². The third kappa shape index (κ3) is 2.61. The lowest BCUT2D eigenvalue weighted by Gasteiger charge is -2.29. The molecular formula is C13H21N3. The van der Waals surface area contributed by atoms with Crippen molar-refractivity contribution in [1.82, 2.24) is 5.32 Å². The summed E-state index contributed by atoms with van der Waals surface area (Å²) in [6.45, 7) is 2.46. The van der Waals surface area contributed by atoms with Crippen LogP contribution in [0, 0.1) is 5.92 Å². The highest BCUT2D eigenvalue weighted by Gasteiger charge is 2.20. The average molecular weight is 219 g/mol. The summed E-state index contributed by atoms with van der Waals surface area (Å²) < 4.78 is 0. The van der Waals surface area contributed by atoms with Gasteiger partial charge in [-0.2, -0.15) is 0 Å². The molecule has 3 nitrogen and oxygen atoms in total. The van der Waals surface area contributed by atoms with Crippen LogP contribution in [0.2, 0.25) is 0 Å². The number of rotatable bonds is 3. The molecule has 5 N–H and O–H groups in total. The first-order valence-electron chi connectivity index (χ1n) is 6.06. The molecule has 1 aliphatic heterocycles. The van der Waals surface area contributed by atoms with Crippen molar-refractivity contribution in [3.8, 4) is 0 Å². The molecule has 1 aromatic carbocycles. The molecular weight excluding hydrogens is 198 g/mol. The van der Waals surface area contributed by atoms with Crippen LogP contribution >= 0.6 is 0 Å². The normalized spacial score (nSPS) is 25.6. The quantitative estimate of drug-likeness (QED) is 0.714. The van der Waals surface area contributed by atoms with Crippen molar-refractivity contribution >= 4 is 0 Å². The monoisotopic (exact) mass is 219 g/mol. The molecule has 3 heteroatoms. The Kier molecular flexibility index (Phi) is 3.93. The average Bonchev–Trinajstić information content (AvgIpc) is 2.39. The number of hydrogen-bond donors (Lipinski definition) is 3. The van der Waals surface area contributed by atoms with E-state index in [0.29, 0.717) is 18.5 Å². The van der Waals surface area contributed by atoms with Gasteiger partial charge in [-0.05, 0) is 43.0 Å². The zero-order chi connectivity index (χ0) is 11.4. The SMILES string of the molecule is NCc1ccc(C2CCC(CN)CN2)cc1. The highest BCUT2D eigenvalue weighted by Crippen LogP contribution is 2.25. The molecule has 2 unspecified atom stereocenters. The van der Waals surface area contributed by atoms with Crippen LogP contribution in [-0.4, -0.2) is 13.1 Å². The van der Waals surface area contributed by atoms with Crippen LogP contribution in [0.25, 0.3) is 0 Å². The van der Waals surface area contributed by atoms with Gasteiger partial charge in [-0.15, -0.1) is 0 Å². The van der Waals surface area contributed by atoms with Crippen LogP contribution in [0.1, 0.15) is 30.0 Å². The third-order valence-electron chi connectivity index (χ3n) is 3.47. The molecule has 1 aromatic rings. The molecule has 0 saturated carbocycles. The van der Waals surface area contributed by atoms with E-state index in [0.717, 1.165) is 13.1 Å².